The molecule has 0 amide bonds. The Morgan fingerprint density at radius 3 is 2.19 bits per heavy atom. The Balaban J connectivity index is 0.000000293. The number of rotatable bonds is 3. The summed E-state index contributed by atoms with van der Waals surface area (Å²) in [4.78, 5) is 20.5. The smallest absolute Gasteiger partial charge is 0.330 e. The van der Waals surface area contributed by atoms with Crippen LogP contribution in [-0.4, -0.2) is 17.8 Å². The molecule has 3 nitrogen and oxygen atoms in total. The van der Waals surface area contributed by atoms with E-state index in [4.69, 9.17) is 11.6 Å². The molecule has 4 heteroatoms. The Kier molecular flexibility index (Phi) is 7.81. The van der Waals surface area contributed by atoms with Gasteiger partial charge in [0, 0.05) is 11.6 Å². The Morgan fingerprint density at radius 1 is 1.38 bits per heavy atom. The van der Waals surface area contributed by atoms with Crippen LogP contribution >= 0.6 is 11.6 Å². The van der Waals surface area contributed by atoms with E-state index in [-0.39, 0.29) is 5.97 Å². The van der Waals surface area contributed by atoms with Crippen LogP contribution < -0.4 is 0 Å². The molecule has 0 aliphatic rings. The standard InChI is InChI=1S/C7H5ClO.C5H8O2/c8-7(9)6-4-2-1-3-5-6;1-3-5(6)7-4-2/h1-5H;3H,1,4H2,2H3. The second-order valence-corrected chi connectivity index (χ2v) is 2.94. The van der Waals surface area contributed by atoms with E-state index < -0.39 is 5.24 Å². The molecular weight excluding hydrogens is 228 g/mol. The predicted molar refractivity (Wildman–Crippen MR) is 63.5 cm³/mol. The van der Waals surface area contributed by atoms with Crippen molar-refractivity contribution in [3.05, 3.63) is 48.6 Å². The maximum Gasteiger partial charge on any atom is 0.330 e. The minimum Gasteiger partial charge on any atom is -0.463 e. The summed E-state index contributed by atoms with van der Waals surface area (Å²) in [5.74, 6) is -0.359. The molecule has 1 aromatic rings. The minimum atomic E-state index is -0.407. The molecule has 1 aromatic carbocycles. The molecule has 0 heterocycles. The fourth-order valence-corrected chi connectivity index (χ4v) is 0.896. The van der Waals surface area contributed by atoms with Gasteiger partial charge in [0.1, 0.15) is 0 Å². The number of esters is 1. The average Bonchev–Trinajstić information content (AvgIpc) is 2.31. The van der Waals surface area contributed by atoms with Gasteiger partial charge in [-0.15, -0.1) is 0 Å². The van der Waals surface area contributed by atoms with E-state index in [1.165, 1.54) is 0 Å². The molecule has 0 aromatic heterocycles. The van der Waals surface area contributed by atoms with E-state index in [1.54, 1.807) is 31.2 Å². The van der Waals surface area contributed by atoms with Crippen molar-refractivity contribution < 1.29 is 14.3 Å². The summed E-state index contributed by atoms with van der Waals surface area (Å²) >= 11 is 5.16. The van der Waals surface area contributed by atoms with Crippen LogP contribution in [0.3, 0.4) is 0 Å². The molecule has 0 saturated carbocycles. The maximum atomic E-state index is 10.4. The second kappa shape index (κ2) is 8.68. The van der Waals surface area contributed by atoms with Crippen LogP contribution in [0.4, 0.5) is 0 Å². The fourth-order valence-electron chi connectivity index (χ4n) is 0.770. The van der Waals surface area contributed by atoms with Crippen LogP contribution in [0.5, 0.6) is 0 Å². The van der Waals surface area contributed by atoms with Crippen molar-refractivity contribution in [2.24, 2.45) is 0 Å². The molecule has 0 N–H and O–H groups in total. The molecule has 0 saturated heterocycles. The zero-order valence-corrected chi connectivity index (χ0v) is 9.74. The van der Waals surface area contributed by atoms with Gasteiger partial charge in [-0.05, 0) is 18.5 Å². The molecule has 0 radical (unpaired) electrons. The lowest BCUT2D eigenvalue weighted by molar-refractivity contribution is -0.137. The van der Waals surface area contributed by atoms with Crippen molar-refractivity contribution in [3.8, 4) is 0 Å². The lowest BCUT2D eigenvalue weighted by atomic mass is 10.2. The molecule has 0 spiro atoms. The van der Waals surface area contributed by atoms with Crippen molar-refractivity contribution in [2.45, 2.75) is 6.92 Å². The first-order valence-electron chi connectivity index (χ1n) is 4.65. The predicted octanol–water partition coefficient (Wildman–Crippen LogP) is 2.80. The summed E-state index contributed by atoms with van der Waals surface area (Å²) in [6.45, 7) is 5.38. The summed E-state index contributed by atoms with van der Waals surface area (Å²) in [5, 5.41) is -0.407. The number of carbonyl (C=O) groups is 2. The third-order valence-electron chi connectivity index (χ3n) is 1.45. The molecule has 0 fully saturated rings. The number of ether oxygens (including phenoxy) is 1. The van der Waals surface area contributed by atoms with Crippen LogP contribution in [-0.2, 0) is 9.53 Å². The Bertz CT molecular complexity index is 347. The minimum absolute atomic E-state index is 0.359. The third-order valence-corrected chi connectivity index (χ3v) is 1.67. The molecule has 0 aliphatic carbocycles. The second-order valence-electron chi connectivity index (χ2n) is 2.60. The van der Waals surface area contributed by atoms with E-state index in [1.807, 2.05) is 6.07 Å². The average molecular weight is 241 g/mol. The summed E-state index contributed by atoms with van der Waals surface area (Å²) in [6.07, 6.45) is 1.14. The molecule has 0 aliphatic heterocycles. The van der Waals surface area contributed by atoms with E-state index in [9.17, 15) is 9.59 Å². The molecule has 1 rings (SSSR count). The van der Waals surface area contributed by atoms with Gasteiger partial charge in [-0.25, -0.2) is 4.79 Å². The highest BCUT2D eigenvalue weighted by molar-refractivity contribution is 6.67. The first-order chi connectivity index (χ1) is 7.61. The zero-order chi connectivity index (χ0) is 12.4. The van der Waals surface area contributed by atoms with Crippen LogP contribution in [0.2, 0.25) is 0 Å². The number of halogens is 1. The largest absolute Gasteiger partial charge is 0.463 e. The van der Waals surface area contributed by atoms with Crippen molar-refractivity contribution in [1.29, 1.82) is 0 Å². The molecule has 0 unspecified atom stereocenters. The first-order valence-corrected chi connectivity index (χ1v) is 5.03. The lowest BCUT2D eigenvalue weighted by Crippen LogP contribution is -1.97. The fraction of sp³-hybridized carbons (Fsp3) is 0.167. The van der Waals surface area contributed by atoms with Crippen molar-refractivity contribution in [1.82, 2.24) is 0 Å². The third kappa shape index (κ3) is 6.79. The van der Waals surface area contributed by atoms with Crippen molar-refractivity contribution in [2.75, 3.05) is 6.61 Å². The van der Waals surface area contributed by atoms with Crippen LogP contribution in [0.25, 0.3) is 0 Å². The molecule has 0 bridgehead atoms. The van der Waals surface area contributed by atoms with Gasteiger partial charge in [-0.2, -0.15) is 0 Å². The Morgan fingerprint density at radius 2 is 1.94 bits per heavy atom. The molecular formula is C12H13ClO3. The van der Waals surface area contributed by atoms with Crippen LogP contribution in [0.1, 0.15) is 17.3 Å². The number of benzene rings is 1. The Hall–Kier alpha value is -1.61. The monoisotopic (exact) mass is 240 g/mol. The van der Waals surface area contributed by atoms with Crippen LogP contribution in [0, 0.1) is 0 Å². The van der Waals surface area contributed by atoms with E-state index in [2.05, 4.69) is 11.3 Å². The Labute approximate surface area is 99.7 Å². The molecule has 16 heavy (non-hydrogen) atoms. The summed E-state index contributed by atoms with van der Waals surface area (Å²) in [7, 11) is 0. The number of hydrogen-bond acceptors (Lipinski definition) is 3. The highest BCUT2D eigenvalue weighted by Gasteiger charge is 1.95. The number of hydrogen-bond donors (Lipinski definition) is 0. The highest BCUT2D eigenvalue weighted by atomic mass is 35.5. The van der Waals surface area contributed by atoms with Gasteiger partial charge in [-0.3, -0.25) is 4.79 Å². The topological polar surface area (TPSA) is 43.4 Å². The van der Waals surface area contributed by atoms with Gasteiger partial charge < -0.3 is 4.74 Å². The highest BCUT2D eigenvalue weighted by Crippen LogP contribution is 2.01. The van der Waals surface area contributed by atoms with Gasteiger partial charge in [0.25, 0.3) is 5.24 Å². The maximum absolute atomic E-state index is 10.4. The van der Waals surface area contributed by atoms with E-state index >= 15 is 0 Å². The lowest BCUT2D eigenvalue weighted by Gasteiger charge is -1.90. The van der Waals surface area contributed by atoms with Crippen LogP contribution in [0.15, 0.2) is 43.0 Å². The molecule has 86 valence electrons. The summed E-state index contributed by atoms with van der Waals surface area (Å²) < 4.78 is 4.43. The van der Waals surface area contributed by atoms with Crippen molar-refractivity contribution >= 4 is 22.8 Å². The zero-order valence-electron chi connectivity index (χ0n) is 8.98. The van der Waals surface area contributed by atoms with Gasteiger partial charge in [-0.1, -0.05) is 36.9 Å². The van der Waals surface area contributed by atoms with E-state index in [0.29, 0.717) is 12.2 Å². The van der Waals surface area contributed by atoms with Crippen molar-refractivity contribution in [3.63, 3.8) is 0 Å². The quantitative estimate of drug-likeness (QED) is 0.464. The summed E-state index contributed by atoms with van der Waals surface area (Å²) in [5.41, 5.74) is 0.541. The first kappa shape index (κ1) is 14.4. The summed E-state index contributed by atoms with van der Waals surface area (Å²) in [6, 6.07) is 8.74. The van der Waals surface area contributed by atoms with Gasteiger partial charge in [0.05, 0.1) is 6.61 Å². The SMILES string of the molecule is C=CC(=O)OCC.O=C(Cl)c1ccccc1. The van der Waals surface area contributed by atoms with E-state index in [0.717, 1.165) is 6.08 Å². The molecule has 0 atom stereocenters. The van der Waals surface area contributed by atoms with Gasteiger partial charge in [0.2, 0.25) is 0 Å². The van der Waals surface area contributed by atoms with Gasteiger partial charge >= 0.3 is 5.97 Å². The van der Waals surface area contributed by atoms with Gasteiger partial charge in [0.15, 0.2) is 0 Å². The normalized spacial score (nSPS) is 8.38. The number of carbonyl (C=O) groups excluding carboxylic acids is 2.